The van der Waals surface area contributed by atoms with Gasteiger partial charge in [0, 0.05) is 45.1 Å². The van der Waals surface area contributed by atoms with Crippen molar-refractivity contribution in [3.63, 3.8) is 0 Å². The van der Waals surface area contributed by atoms with Gasteiger partial charge in [-0.05, 0) is 37.0 Å². The zero-order valence-electron chi connectivity index (χ0n) is 15.4. The zero-order chi connectivity index (χ0) is 18.6. The molecule has 5 nitrogen and oxygen atoms in total. The van der Waals surface area contributed by atoms with Gasteiger partial charge in [0.15, 0.2) is 0 Å². The van der Waals surface area contributed by atoms with Gasteiger partial charge in [-0.25, -0.2) is 4.39 Å². The van der Waals surface area contributed by atoms with Crippen LogP contribution in [0, 0.1) is 11.2 Å². The second kappa shape index (κ2) is 8.16. The van der Waals surface area contributed by atoms with Gasteiger partial charge in [-0.1, -0.05) is 12.1 Å². The first-order valence-corrected chi connectivity index (χ1v) is 9.30. The molecule has 2 aliphatic heterocycles. The van der Waals surface area contributed by atoms with Crippen molar-refractivity contribution in [1.82, 2.24) is 9.80 Å². The molecule has 1 spiro atoms. The number of benzene rings is 1. The molecule has 1 atom stereocenters. The van der Waals surface area contributed by atoms with E-state index < -0.39 is 0 Å². The minimum absolute atomic E-state index is 0.00163. The highest BCUT2D eigenvalue weighted by Gasteiger charge is 2.42. The van der Waals surface area contributed by atoms with E-state index in [2.05, 4.69) is 0 Å². The average molecular weight is 362 g/mol. The third-order valence-electron chi connectivity index (χ3n) is 5.60. The van der Waals surface area contributed by atoms with Crippen LogP contribution in [0.25, 0.3) is 0 Å². The van der Waals surface area contributed by atoms with Crippen LogP contribution in [-0.2, 0) is 20.7 Å². The molecular formula is C20H27FN2O3. The number of nitrogens with zero attached hydrogens (tertiary/aromatic N) is 2. The molecule has 0 saturated carbocycles. The van der Waals surface area contributed by atoms with Crippen molar-refractivity contribution in [2.24, 2.45) is 5.41 Å². The Morgan fingerprint density at radius 3 is 2.73 bits per heavy atom. The molecule has 2 amide bonds. The molecule has 26 heavy (non-hydrogen) atoms. The molecule has 6 heteroatoms. The molecule has 2 fully saturated rings. The van der Waals surface area contributed by atoms with Crippen LogP contribution in [0.1, 0.15) is 31.2 Å². The highest BCUT2D eigenvalue weighted by atomic mass is 19.1. The monoisotopic (exact) mass is 362 g/mol. The molecule has 2 heterocycles. The van der Waals surface area contributed by atoms with Gasteiger partial charge >= 0.3 is 0 Å². The van der Waals surface area contributed by atoms with Gasteiger partial charge in [-0.2, -0.15) is 0 Å². The number of rotatable bonds is 5. The van der Waals surface area contributed by atoms with E-state index in [0.29, 0.717) is 39.1 Å². The van der Waals surface area contributed by atoms with Crippen LogP contribution >= 0.6 is 0 Å². The van der Waals surface area contributed by atoms with E-state index in [1.54, 1.807) is 19.2 Å². The molecule has 1 aromatic carbocycles. The molecule has 0 aromatic heterocycles. The molecule has 1 aromatic rings. The maximum absolute atomic E-state index is 13.0. The predicted octanol–water partition coefficient (Wildman–Crippen LogP) is 2.25. The minimum atomic E-state index is -0.291. The summed E-state index contributed by atoms with van der Waals surface area (Å²) < 4.78 is 18.2. The zero-order valence-corrected chi connectivity index (χ0v) is 15.4. The number of hydrogen-bond acceptors (Lipinski definition) is 3. The number of carbonyl (C=O) groups excluding carboxylic acids is 2. The SMILES string of the molecule is COCCN1CC2(CCCN(C(=O)Cc3ccc(F)cc3)C2)CCC1=O. The lowest BCUT2D eigenvalue weighted by atomic mass is 9.73. The number of amides is 2. The number of likely N-dealkylation sites (tertiary alicyclic amines) is 2. The lowest BCUT2D eigenvalue weighted by Gasteiger charge is -2.48. The van der Waals surface area contributed by atoms with E-state index in [9.17, 15) is 14.0 Å². The molecule has 1 unspecified atom stereocenters. The van der Waals surface area contributed by atoms with Crippen LogP contribution in [0.5, 0.6) is 0 Å². The van der Waals surface area contributed by atoms with Crippen molar-refractivity contribution >= 4 is 11.8 Å². The Kier molecular flexibility index (Phi) is 5.91. The topological polar surface area (TPSA) is 49.9 Å². The summed E-state index contributed by atoms with van der Waals surface area (Å²) in [6.45, 7) is 3.31. The fourth-order valence-corrected chi connectivity index (χ4v) is 4.15. The first-order valence-electron chi connectivity index (χ1n) is 9.30. The molecule has 0 aliphatic carbocycles. The standard InChI is InChI=1S/C20H27FN2O3/c1-26-12-11-23-15-20(9-7-18(23)24)8-2-10-22(14-20)19(25)13-16-3-5-17(21)6-4-16/h3-6H,2,7-15H2,1H3. The Hall–Kier alpha value is -1.95. The van der Waals surface area contributed by atoms with E-state index in [-0.39, 0.29) is 23.0 Å². The number of hydrogen-bond donors (Lipinski definition) is 0. The Morgan fingerprint density at radius 2 is 2.00 bits per heavy atom. The second-order valence-electron chi connectivity index (χ2n) is 7.53. The Balaban J connectivity index is 1.63. The highest BCUT2D eigenvalue weighted by molar-refractivity contribution is 5.79. The molecule has 142 valence electrons. The Morgan fingerprint density at radius 1 is 1.23 bits per heavy atom. The first kappa shape index (κ1) is 18.8. The van der Waals surface area contributed by atoms with Crippen molar-refractivity contribution in [2.45, 2.75) is 32.1 Å². The molecular weight excluding hydrogens is 335 g/mol. The summed E-state index contributed by atoms with van der Waals surface area (Å²) in [6.07, 6.45) is 3.69. The lowest BCUT2D eigenvalue weighted by Crippen LogP contribution is -2.55. The second-order valence-corrected chi connectivity index (χ2v) is 7.53. The third kappa shape index (κ3) is 4.41. The molecule has 0 N–H and O–H groups in total. The normalized spacial score (nSPS) is 23.5. The van der Waals surface area contributed by atoms with Crippen LogP contribution in [-0.4, -0.2) is 61.5 Å². The molecule has 2 saturated heterocycles. The van der Waals surface area contributed by atoms with E-state index in [1.165, 1.54) is 12.1 Å². The van der Waals surface area contributed by atoms with Crippen molar-refractivity contribution in [1.29, 1.82) is 0 Å². The Labute approximate surface area is 154 Å². The molecule has 2 aliphatic rings. The van der Waals surface area contributed by atoms with Gasteiger partial charge in [0.05, 0.1) is 13.0 Å². The van der Waals surface area contributed by atoms with Crippen molar-refractivity contribution in [2.75, 3.05) is 39.9 Å². The fraction of sp³-hybridized carbons (Fsp3) is 0.600. The number of carbonyl (C=O) groups is 2. The van der Waals surface area contributed by atoms with Gasteiger partial charge in [0.1, 0.15) is 5.82 Å². The predicted molar refractivity (Wildman–Crippen MR) is 96.0 cm³/mol. The summed E-state index contributed by atoms with van der Waals surface area (Å²) in [5.41, 5.74) is 0.829. The first-order chi connectivity index (χ1) is 12.5. The molecule has 0 radical (unpaired) electrons. The van der Waals surface area contributed by atoms with Gasteiger partial charge in [-0.15, -0.1) is 0 Å². The van der Waals surface area contributed by atoms with E-state index >= 15 is 0 Å². The van der Waals surface area contributed by atoms with Crippen molar-refractivity contribution in [3.8, 4) is 0 Å². The van der Waals surface area contributed by atoms with E-state index in [4.69, 9.17) is 4.74 Å². The third-order valence-corrected chi connectivity index (χ3v) is 5.60. The van der Waals surface area contributed by atoms with Crippen LogP contribution in [0.15, 0.2) is 24.3 Å². The summed E-state index contributed by atoms with van der Waals surface area (Å²) in [5, 5.41) is 0. The van der Waals surface area contributed by atoms with Crippen LogP contribution in [0.2, 0.25) is 0 Å². The molecule has 0 bridgehead atoms. The summed E-state index contributed by atoms with van der Waals surface area (Å²) >= 11 is 0. The smallest absolute Gasteiger partial charge is 0.227 e. The highest BCUT2D eigenvalue weighted by Crippen LogP contribution is 2.39. The van der Waals surface area contributed by atoms with Crippen LogP contribution in [0.4, 0.5) is 4.39 Å². The summed E-state index contributed by atoms with van der Waals surface area (Å²) in [6, 6.07) is 6.11. The van der Waals surface area contributed by atoms with Crippen molar-refractivity contribution < 1.29 is 18.7 Å². The summed E-state index contributed by atoms with van der Waals surface area (Å²) in [7, 11) is 1.64. The van der Waals surface area contributed by atoms with Crippen LogP contribution < -0.4 is 0 Å². The number of halogens is 1. The van der Waals surface area contributed by atoms with Gasteiger partial charge in [-0.3, -0.25) is 9.59 Å². The van der Waals surface area contributed by atoms with Gasteiger partial charge in [0.25, 0.3) is 0 Å². The maximum Gasteiger partial charge on any atom is 0.227 e. The summed E-state index contributed by atoms with van der Waals surface area (Å²) in [5.74, 6) is -0.0281. The van der Waals surface area contributed by atoms with Gasteiger partial charge in [0.2, 0.25) is 11.8 Å². The number of methoxy groups -OCH3 is 1. The van der Waals surface area contributed by atoms with E-state index in [0.717, 1.165) is 31.4 Å². The fourth-order valence-electron chi connectivity index (χ4n) is 4.15. The van der Waals surface area contributed by atoms with Crippen molar-refractivity contribution in [3.05, 3.63) is 35.6 Å². The lowest BCUT2D eigenvalue weighted by molar-refractivity contribution is -0.143. The number of ether oxygens (including phenoxy) is 1. The average Bonchev–Trinajstić information content (AvgIpc) is 2.65. The van der Waals surface area contributed by atoms with Crippen LogP contribution in [0.3, 0.4) is 0 Å². The quantitative estimate of drug-likeness (QED) is 0.807. The minimum Gasteiger partial charge on any atom is -0.383 e. The largest absolute Gasteiger partial charge is 0.383 e. The molecule has 3 rings (SSSR count). The number of piperidine rings is 2. The Bertz CT molecular complexity index is 649. The van der Waals surface area contributed by atoms with E-state index in [1.807, 2.05) is 9.80 Å². The van der Waals surface area contributed by atoms with Gasteiger partial charge < -0.3 is 14.5 Å². The maximum atomic E-state index is 13.0. The summed E-state index contributed by atoms with van der Waals surface area (Å²) in [4.78, 5) is 28.7.